The molecule has 0 N–H and O–H groups in total. The van der Waals surface area contributed by atoms with Crippen LogP contribution in [0.25, 0.3) is 5.69 Å². The average Bonchev–Trinajstić information content (AvgIpc) is 2.71. The van der Waals surface area contributed by atoms with E-state index in [1.165, 1.54) is 0 Å². The Balaban J connectivity index is 2.35. The van der Waals surface area contributed by atoms with Crippen LogP contribution in [0.3, 0.4) is 0 Å². The SMILES string of the molecule is CCCc1cc(Cl)n(-c2ccc(C#N)cc2)n1. The van der Waals surface area contributed by atoms with E-state index in [0.717, 1.165) is 24.2 Å². The van der Waals surface area contributed by atoms with Crippen LogP contribution in [0.1, 0.15) is 24.6 Å². The second-order valence-corrected chi connectivity index (χ2v) is 4.17. The molecule has 2 rings (SSSR count). The molecule has 0 spiro atoms. The second-order valence-electron chi connectivity index (χ2n) is 3.78. The summed E-state index contributed by atoms with van der Waals surface area (Å²) in [6.45, 7) is 2.11. The van der Waals surface area contributed by atoms with Crippen LogP contribution in [0.5, 0.6) is 0 Å². The molecule has 0 saturated carbocycles. The van der Waals surface area contributed by atoms with Crippen molar-refractivity contribution < 1.29 is 0 Å². The van der Waals surface area contributed by atoms with Crippen LogP contribution in [0.15, 0.2) is 30.3 Å². The van der Waals surface area contributed by atoms with Gasteiger partial charge in [-0.3, -0.25) is 0 Å². The number of aromatic nitrogens is 2. The Hall–Kier alpha value is -1.79. The van der Waals surface area contributed by atoms with Gasteiger partial charge >= 0.3 is 0 Å². The van der Waals surface area contributed by atoms with E-state index in [4.69, 9.17) is 16.9 Å². The lowest BCUT2D eigenvalue weighted by atomic mass is 10.2. The van der Waals surface area contributed by atoms with Crippen molar-refractivity contribution in [3.8, 4) is 11.8 Å². The zero-order chi connectivity index (χ0) is 12.3. The minimum atomic E-state index is 0.596. The van der Waals surface area contributed by atoms with Crippen molar-refractivity contribution in [2.45, 2.75) is 19.8 Å². The molecule has 2 aromatic rings. The van der Waals surface area contributed by atoms with Gasteiger partial charge in [0.15, 0.2) is 0 Å². The number of aryl methyl sites for hydroxylation is 1. The maximum absolute atomic E-state index is 8.73. The van der Waals surface area contributed by atoms with E-state index in [1.54, 1.807) is 16.8 Å². The molecule has 0 aliphatic rings. The Morgan fingerprint density at radius 2 is 2.06 bits per heavy atom. The van der Waals surface area contributed by atoms with Crippen molar-refractivity contribution in [1.82, 2.24) is 9.78 Å². The summed E-state index contributed by atoms with van der Waals surface area (Å²) in [4.78, 5) is 0. The molecular weight excluding hydrogens is 234 g/mol. The van der Waals surface area contributed by atoms with Crippen LogP contribution < -0.4 is 0 Å². The van der Waals surface area contributed by atoms with Crippen LogP contribution >= 0.6 is 11.6 Å². The molecule has 0 aliphatic carbocycles. The highest BCUT2D eigenvalue weighted by Crippen LogP contribution is 2.18. The van der Waals surface area contributed by atoms with E-state index >= 15 is 0 Å². The number of halogens is 1. The molecule has 17 heavy (non-hydrogen) atoms. The molecule has 1 aromatic carbocycles. The van der Waals surface area contributed by atoms with Gasteiger partial charge in [0.25, 0.3) is 0 Å². The van der Waals surface area contributed by atoms with E-state index in [1.807, 2.05) is 18.2 Å². The lowest BCUT2D eigenvalue weighted by Gasteiger charge is -2.02. The second kappa shape index (κ2) is 5.03. The molecule has 0 atom stereocenters. The number of nitrogens with zero attached hydrogens (tertiary/aromatic N) is 3. The van der Waals surface area contributed by atoms with Crippen LogP contribution in [0, 0.1) is 11.3 Å². The van der Waals surface area contributed by atoms with Crippen LogP contribution in [-0.2, 0) is 6.42 Å². The van der Waals surface area contributed by atoms with Crippen molar-refractivity contribution in [3.05, 3.63) is 46.7 Å². The predicted molar refractivity (Wildman–Crippen MR) is 67.3 cm³/mol. The lowest BCUT2D eigenvalue weighted by Crippen LogP contribution is -1.97. The fourth-order valence-corrected chi connectivity index (χ4v) is 1.90. The molecule has 1 heterocycles. The molecule has 0 aliphatic heterocycles. The number of benzene rings is 1. The van der Waals surface area contributed by atoms with Crippen LogP contribution in [0.4, 0.5) is 0 Å². The zero-order valence-corrected chi connectivity index (χ0v) is 10.3. The van der Waals surface area contributed by atoms with Gasteiger partial charge in [0.2, 0.25) is 0 Å². The van der Waals surface area contributed by atoms with Crippen molar-refractivity contribution >= 4 is 11.6 Å². The highest BCUT2D eigenvalue weighted by atomic mass is 35.5. The first-order valence-corrected chi connectivity index (χ1v) is 5.87. The van der Waals surface area contributed by atoms with Crippen molar-refractivity contribution in [2.24, 2.45) is 0 Å². The molecule has 4 heteroatoms. The summed E-state index contributed by atoms with van der Waals surface area (Å²) < 4.78 is 1.69. The molecule has 0 bridgehead atoms. The fourth-order valence-electron chi connectivity index (χ4n) is 1.64. The van der Waals surface area contributed by atoms with Crippen LogP contribution in [-0.4, -0.2) is 9.78 Å². The van der Waals surface area contributed by atoms with E-state index < -0.39 is 0 Å². The smallest absolute Gasteiger partial charge is 0.133 e. The number of hydrogen-bond donors (Lipinski definition) is 0. The molecule has 1 aromatic heterocycles. The van der Waals surface area contributed by atoms with Gasteiger partial charge in [0.1, 0.15) is 5.15 Å². The molecule has 86 valence electrons. The van der Waals surface area contributed by atoms with E-state index in [-0.39, 0.29) is 0 Å². The summed E-state index contributed by atoms with van der Waals surface area (Å²) in [7, 11) is 0. The minimum absolute atomic E-state index is 0.596. The molecule has 0 radical (unpaired) electrons. The first kappa shape index (κ1) is 11.7. The Labute approximate surface area is 105 Å². The largest absolute Gasteiger partial charge is 0.222 e. The third-order valence-electron chi connectivity index (χ3n) is 2.46. The monoisotopic (exact) mass is 245 g/mol. The summed E-state index contributed by atoms with van der Waals surface area (Å²) in [5.74, 6) is 0. The molecular formula is C13H12ClN3. The normalized spacial score (nSPS) is 10.2. The summed E-state index contributed by atoms with van der Waals surface area (Å²) in [5.41, 5.74) is 2.49. The minimum Gasteiger partial charge on any atom is -0.222 e. The standard InChI is InChI=1S/C13H12ClN3/c1-2-3-11-8-13(14)17(16-11)12-6-4-10(9-15)5-7-12/h4-8H,2-3H2,1H3. The summed E-state index contributed by atoms with van der Waals surface area (Å²) >= 11 is 6.12. The van der Waals surface area contributed by atoms with Gasteiger partial charge < -0.3 is 0 Å². The Morgan fingerprint density at radius 3 is 2.65 bits per heavy atom. The summed E-state index contributed by atoms with van der Waals surface area (Å²) in [6, 6.07) is 11.2. The Bertz CT molecular complexity index is 549. The van der Waals surface area contributed by atoms with Crippen molar-refractivity contribution in [3.63, 3.8) is 0 Å². The van der Waals surface area contributed by atoms with E-state index in [0.29, 0.717) is 10.7 Å². The highest BCUT2D eigenvalue weighted by Gasteiger charge is 2.07. The third kappa shape index (κ3) is 2.48. The summed E-state index contributed by atoms with van der Waals surface area (Å²) in [5, 5.41) is 13.8. The topological polar surface area (TPSA) is 41.6 Å². The predicted octanol–water partition coefficient (Wildman–Crippen LogP) is 3.35. The number of nitriles is 1. The molecule has 0 unspecified atom stereocenters. The van der Waals surface area contributed by atoms with Gasteiger partial charge in [0.05, 0.1) is 23.0 Å². The van der Waals surface area contributed by atoms with Crippen molar-refractivity contribution in [1.29, 1.82) is 5.26 Å². The quantitative estimate of drug-likeness (QED) is 0.832. The Kier molecular flexibility index (Phi) is 3.46. The molecule has 0 fully saturated rings. The van der Waals surface area contributed by atoms with E-state index in [9.17, 15) is 0 Å². The van der Waals surface area contributed by atoms with Crippen LogP contribution in [0.2, 0.25) is 5.15 Å². The fraction of sp³-hybridized carbons (Fsp3) is 0.231. The summed E-state index contributed by atoms with van der Waals surface area (Å²) in [6.07, 6.45) is 1.96. The van der Waals surface area contributed by atoms with Gasteiger partial charge in [-0.15, -0.1) is 0 Å². The molecule has 0 saturated heterocycles. The van der Waals surface area contributed by atoms with Gasteiger partial charge in [-0.1, -0.05) is 24.9 Å². The first-order valence-electron chi connectivity index (χ1n) is 5.49. The van der Waals surface area contributed by atoms with Gasteiger partial charge in [-0.2, -0.15) is 10.4 Å². The number of hydrogen-bond acceptors (Lipinski definition) is 2. The van der Waals surface area contributed by atoms with Gasteiger partial charge in [0, 0.05) is 0 Å². The molecule has 3 nitrogen and oxygen atoms in total. The molecule has 0 amide bonds. The van der Waals surface area contributed by atoms with Gasteiger partial charge in [-0.05, 0) is 36.8 Å². The zero-order valence-electron chi connectivity index (χ0n) is 9.52. The maximum atomic E-state index is 8.73. The highest BCUT2D eigenvalue weighted by molar-refractivity contribution is 6.29. The first-order chi connectivity index (χ1) is 8.24. The number of rotatable bonds is 3. The Morgan fingerprint density at radius 1 is 1.35 bits per heavy atom. The average molecular weight is 246 g/mol. The maximum Gasteiger partial charge on any atom is 0.133 e. The third-order valence-corrected chi connectivity index (χ3v) is 2.73. The van der Waals surface area contributed by atoms with Crippen molar-refractivity contribution in [2.75, 3.05) is 0 Å². The van der Waals surface area contributed by atoms with Gasteiger partial charge in [-0.25, -0.2) is 4.68 Å². The van der Waals surface area contributed by atoms with E-state index in [2.05, 4.69) is 18.1 Å². The lowest BCUT2D eigenvalue weighted by molar-refractivity contribution is 0.807.